The molecule has 0 heterocycles. The Balaban J connectivity index is 2.45. The van der Waals surface area contributed by atoms with Crippen LogP contribution >= 0.6 is 0 Å². The van der Waals surface area contributed by atoms with Gasteiger partial charge in [0.2, 0.25) is 0 Å². The molecule has 1 N–H and O–H groups in total. The molecule has 2 rings (SSSR count). The fourth-order valence-electron chi connectivity index (χ4n) is 2.88. The lowest BCUT2D eigenvalue weighted by molar-refractivity contribution is 0.104. The van der Waals surface area contributed by atoms with Gasteiger partial charge >= 0.3 is 0 Å². The average Bonchev–Trinajstić information content (AvgIpc) is 2.52. The molecule has 0 aliphatic heterocycles. The van der Waals surface area contributed by atoms with Crippen LogP contribution in [0.25, 0.3) is 6.08 Å². The van der Waals surface area contributed by atoms with Crippen LogP contribution in [0.5, 0.6) is 5.75 Å². The van der Waals surface area contributed by atoms with Crippen molar-refractivity contribution in [2.24, 2.45) is 0 Å². The summed E-state index contributed by atoms with van der Waals surface area (Å²) in [6, 6.07) is 11.5. The van der Waals surface area contributed by atoms with Crippen LogP contribution in [0.1, 0.15) is 74.2 Å². The summed E-state index contributed by atoms with van der Waals surface area (Å²) in [5, 5.41) is 10.8. The fraction of sp³-hybridized carbons (Fsp3) is 0.375. The monoisotopic (exact) mass is 350 g/mol. The molecule has 0 aromatic heterocycles. The lowest BCUT2D eigenvalue weighted by Gasteiger charge is -2.27. The Hall–Kier alpha value is -2.35. The maximum Gasteiger partial charge on any atom is 0.185 e. The molecule has 2 heteroatoms. The highest BCUT2D eigenvalue weighted by atomic mass is 16.3. The molecule has 0 spiro atoms. The second-order valence-corrected chi connectivity index (χ2v) is 9.03. The van der Waals surface area contributed by atoms with Gasteiger partial charge in [0.1, 0.15) is 5.75 Å². The van der Waals surface area contributed by atoms with E-state index in [1.807, 2.05) is 49.4 Å². The summed E-state index contributed by atoms with van der Waals surface area (Å²) in [6.07, 6.45) is 3.45. The summed E-state index contributed by atoms with van der Waals surface area (Å²) in [4.78, 5) is 12.4. The Morgan fingerprint density at radius 3 is 1.77 bits per heavy atom. The number of carbonyl (C=O) groups excluding carboxylic acids is 1. The van der Waals surface area contributed by atoms with Crippen molar-refractivity contribution < 1.29 is 9.90 Å². The minimum atomic E-state index is -0.186. The maximum absolute atomic E-state index is 12.4. The topological polar surface area (TPSA) is 37.3 Å². The molecule has 0 bridgehead atoms. The van der Waals surface area contributed by atoms with Crippen molar-refractivity contribution in [3.05, 3.63) is 70.3 Å². The van der Waals surface area contributed by atoms with E-state index in [-0.39, 0.29) is 16.6 Å². The molecule has 0 atom stereocenters. The van der Waals surface area contributed by atoms with Gasteiger partial charge in [-0.1, -0.05) is 77.4 Å². The van der Waals surface area contributed by atoms with Gasteiger partial charge in [0.15, 0.2) is 5.78 Å². The number of rotatable bonds is 3. The van der Waals surface area contributed by atoms with Gasteiger partial charge in [-0.3, -0.25) is 4.79 Å². The molecule has 0 amide bonds. The first-order chi connectivity index (χ1) is 11.9. The molecule has 0 fully saturated rings. The first-order valence-corrected chi connectivity index (χ1v) is 9.06. The van der Waals surface area contributed by atoms with Gasteiger partial charge in [-0.2, -0.15) is 0 Å². The van der Waals surface area contributed by atoms with Crippen molar-refractivity contribution in [3.8, 4) is 5.75 Å². The number of phenolic OH excluding ortho intramolecular Hbond substituents is 1. The van der Waals surface area contributed by atoms with Gasteiger partial charge in [0, 0.05) is 16.7 Å². The number of aryl methyl sites for hydroxylation is 1. The highest BCUT2D eigenvalue weighted by Crippen LogP contribution is 2.40. The van der Waals surface area contributed by atoms with Gasteiger partial charge in [-0.05, 0) is 41.5 Å². The second kappa shape index (κ2) is 7.11. The van der Waals surface area contributed by atoms with Crippen LogP contribution < -0.4 is 0 Å². The van der Waals surface area contributed by atoms with Crippen LogP contribution in [-0.2, 0) is 10.8 Å². The van der Waals surface area contributed by atoms with Crippen LogP contribution in [0.4, 0.5) is 0 Å². The molecule has 2 nitrogen and oxygen atoms in total. The van der Waals surface area contributed by atoms with Crippen molar-refractivity contribution in [1.29, 1.82) is 0 Å². The lowest BCUT2D eigenvalue weighted by atomic mass is 9.78. The van der Waals surface area contributed by atoms with E-state index in [2.05, 4.69) is 41.5 Å². The lowest BCUT2D eigenvalue weighted by Crippen LogP contribution is -2.17. The molecule has 2 aromatic rings. The van der Waals surface area contributed by atoms with Crippen LogP contribution in [0, 0.1) is 6.92 Å². The Morgan fingerprint density at radius 1 is 0.885 bits per heavy atom. The summed E-state index contributed by atoms with van der Waals surface area (Å²) in [6.45, 7) is 14.5. The zero-order valence-electron chi connectivity index (χ0n) is 17.0. The number of carbonyl (C=O) groups is 1. The molecule has 138 valence electrons. The van der Waals surface area contributed by atoms with Crippen LogP contribution in [0.2, 0.25) is 0 Å². The van der Waals surface area contributed by atoms with Crippen molar-refractivity contribution in [3.63, 3.8) is 0 Å². The van der Waals surface area contributed by atoms with Gasteiger partial charge in [0.05, 0.1) is 0 Å². The summed E-state index contributed by atoms with van der Waals surface area (Å²) in [5.41, 5.74) is 4.16. The molecular formula is C24H30O2. The first-order valence-electron chi connectivity index (χ1n) is 9.06. The third-order valence-corrected chi connectivity index (χ3v) is 4.51. The number of ketones is 1. The Kier molecular flexibility index (Phi) is 5.46. The van der Waals surface area contributed by atoms with E-state index < -0.39 is 0 Å². The highest BCUT2D eigenvalue weighted by Gasteiger charge is 2.26. The van der Waals surface area contributed by atoms with Crippen molar-refractivity contribution in [2.45, 2.75) is 59.3 Å². The van der Waals surface area contributed by atoms with Crippen molar-refractivity contribution in [2.75, 3.05) is 0 Å². The predicted octanol–water partition coefficient (Wildman–Crippen LogP) is 6.19. The quantitative estimate of drug-likeness (QED) is 0.529. The fourth-order valence-corrected chi connectivity index (χ4v) is 2.88. The van der Waals surface area contributed by atoms with Gasteiger partial charge in [-0.15, -0.1) is 0 Å². The third kappa shape index (κ3) is 4.63. The molecule has 26 heavy (non-hydrogen) atoms. The zero-order chi connectivity index (χ0) is 19.7. The van der Waals surface area contributed by atoms with E-state index in [0.717, 1.165) is 22.3 Å². The summed E-state index contributed by atoms with van der Waals surface area (Å²) in [7, 11) is 0. The number of benzene rings is 2. The van der Waals surface area contributed by atoms with E-state index in [9.17, 15) is 9.90 Å². The van der Waals surface area contributed by atoms with Gasteiger partial charge in [0.25, 0.3) is 0 Å². The summed E-state index contributed by atoms with van der Waals surface area (Å²) < 4.78 is 0. The molecule has 2 aromatic carbocycles. The van der Waals surface area contributed by atoms with E-state index >= 15 is 0 Å². The molecule has 0 saturated heterocycles. The Morgan fingerprint density at radius 2 is 1.35 bits per heavy atom. The summed E-state index contributed by atoms with van der Waals surface area (Å²) in [5.74, 6) is 0.333. The first kappa shape index (κ1) is 20.0. The van der Waals surface area contributed by atoms with Crippen LogP contribution in [0.3, 0.4) is 0 Å². The average molecular weight is 351 g/mol. The molecule has 0 aliphatic carbocycles. The predicted molar refractivity (Wildman–Crippen MR) is 110 cm³/mol. The minimum absolute atomic E-state index is 0.0207. The SMILES string of the molecule is Cc1ccc(C(=O)/C=C\c2cc(C(C)(C)C)c(O)c(C(C)(C)C)c2)cc1. The number of hydrogen-bond donors (Lipinski definition) is 1. The van der Waals surface area contributed by atoms with E-state index in [1.54, 1.807) is 6.08 Å². The number of phenols is 1. The van der Waals surface area contributed by atoms with E-state index in [1.165, 1.54) is 0 Å². The Bertz CT molecular complexity index is 791. The number of aromatic hydroxyl groups is 1. The van der Waals surface area contributed by atoms with E-state index in [0.29, 0.717) is 11.3 Å². The van der Waals surface area contributed by atoms with E-state index in [4.69, 9.17) is 0 Å². The third-order valence-electron chi connectivity index (χ3n) is 4.51. The van der Waals surface area contributed by atoms with Crippen molar-refractivity contribution >= 4 is 11.9 Å². The molecule has 0 saturated carbocycles. The number of hydrogen-bond acceptors (Lipinski definition) is 2. The van der Waals surface area contributed by atoms with Crippen molar-refractivity contribution in [1.82, 2.24) is 0 Å². The zero-order valence-corrected chi connectivity index (χ0v) is 17.0. The molecule has 0 aliphatic rings. The second-order valence-electron chi connectivity index (χ2n) is 9.03. The smallest absolute Gasteiger partial charge is 0.185 e. The number of allylic oxidation sites excluding steroid dienone is 1. The summed E-state index contributed by atoms with van der Waals surface area (Å²) >= 11 is 0. The molecular weight excluding hydrogens is 320 g/mol. The molecule has 0 radical (unpaired) electrons. The maximum atomic E-state index is 12.4. The normalized spacial score (nSPS) is 12.6. The van der Waals surface area contributed by atoms with Gasteiger partial charge in [-0.25, -0.2) is 0 Å². The van der Waals surface area contributed by atoms with Crippen LogP contribution in [0.15, 0.2) is 42.5 Å². The molecule has 0 unspecified atom stereocenters. The largest absolute Gasteiger partial charge is 0.507 e. The van der Waals surface area contributed by atoms with Gasteiger partial charge < -0.3 is 5.11 Å². The highest BCUT2D eigenvalue weighted by molar-refractivity contribution is 6.06. The standard InChI is InChI=1S/C24H30O2/c1-16-8-11-18(12-9-16)21(25)13-10-17-14-19(23(2,3)4)22(26)20(15-17)24(5,6)7/h8-15,26H,1-7H3/b13-10-. The van der Waals surface area contributed by atoms with Crippen LogP contribution in [-0.4, -0.2) is 10.9 Å². The minimum Gasteiger partial charge on any atom is -0.507 e. The Labute approximate surface area is 157 Å².